The minimum atomic E-state index is 0.0472. The summed E-state index contributed by atoms with van der Waals surface area (Å²) in [6.45, 7) is 2.05. The maximum atomic E-state index is 9.16. The van der Waals surface area contributed by atoms with Gasteiger partial charge in [-0.1, -0.05) is 24.3 Å². The molecule has 3 aromatic rings. The molecule has 1 unspecified atom stereocenters. The van der Waals surface area contributed by atoms with Gasteiger partial charge in [0.15, 0.2) is 0 Å². The molecule has 0 bridgehead atoms. The number of anilines is 1. The Labute approximate surface area is 128 Å². The Bertz CT molecular complexity index is 804. The van der Waals surface area contributed by atoms with Crippen molar-refractivity contribution in [1.82, 2.24) is 20.2 Å². The highest BCUT2D eigenvalue weighted by Crippen LogP contribution is 2.23. The Hall–Kier alpha value is -3.20. The minimum absolute atomic E-state index is 0.0472. The van der Waals surface area contributed by atoms with Crippen LogP contribution in [-0.4, -0.2) is 20.2 Å². The fourth-order valence-corrected chi connectivity index (χ4v) is 2.24. The van der Waals surface area contributed by atoms with E-state index in [4.69, 9.17) is 5.26 Å². The molecule has 1 N–H and O–H groups in total. The highest BCUT2D eigenvalue weighted by molar-refractivity contribution is 5.58. The average molecular weight is 290 g/mol. The first kappa shape index (κ1) is 13.8. The van der Waals surface area contributed by atoms with E-state index in [1.807, 2.05) is 49.4 Å². The van der Waals surface area contributed by atoms with E-state index >= 15 is 0 Å². The van der Waals surface area contributed by atoms with Crippen LogP contribution in [0.2, 0.25) is 0 Å². The molecule has 0 aliphatic heterocycles. The van der Waals surface area contributed by atoms with Crippen LogP contribution in [0.3, 0.4) is 0 Å². The Morgan fingerprint density at radius 2 is 2.05 bits per heavy atom. The number of nitrogens with zero attached hydrogens (tertiary/aromatic N) is 5. The molecule has 0 fully saturated rings. The van der Waals surface area contributed by atoms with Crippen molar-refractivity contribution in [2.45, 2.75) is 13.0 Å². The zero-order valence-electron chi connectivity index (χ0n) is 12.0. The standard InChI is InChI=1S/C16H14N6/c1-12(19-16-8-3-2-5-14(16)10-17)13-6-4-7-15(9-13)22-11-18-20-21-22/h2-9,11-12,19H,1H3. The number of para-hydroxylation sites is 1. The Balaban J connectivity index is 1.85. The first-order valence-corrected chi connectivity index (χ1v) is 6.87. The Morgan fingerprint density at radius 1 is 1.18 bits per heavy atom. The summed E-state index contributed by atoms with van der Waals surface area (Å²) in [5.74, 6) is 0. The first-order chi connectivity index (χ1) is 10.8. The van der Waals surface area contributed by atoms with Crippen molar-refractivity contribution in [3.8, 4) is 11.8 Å². The molecule has 0 radical (unpaired) electrons. The van der Waals surface area contributed by atoms with Crippen LogP contribution < -0.4 is 5.32 Å². The van der Waals surface area contributed by atoms with Gasteiger partial charge < -0.3 is 5.32 Å². The number of benzene rings is 2. The summed E-state index contributed by atoms with van der Waals surface area (Å²) < 4.78 is 1.61. The Kier molecular flexibility index (Phi) is 3.79. The second-order valence-electron chi connectivity index (χ2n) is 4.87. The zero-order chi connectivity index (χ0) is 15.4. The van der Waals surface area contributed by atoms with E-state index in [-0.39, 0.29) is 6.04 Å². The molecule has 3 rings (SSSR count). The zero-order valence-corrected chi connectivity index (χ0v) is 12.0. The van der Waals surface area contributed by atoms with Gasteiger partial charge in [-0.2, -0.15) is 5.26 Å². The molecule has 1 atom stereocenters. The van der Waals surface area contributed by atoms with Crippen molar-refractivity contribution in [3.05, 3.63) is 66.0 Å². The lowest BCUT2D eigenvalue weighted by atomic mass is 10.1. The predicted molar refractivity (Wildman–Crippen MR) is 82.3 cm³/mol. The van der Waals surface area contributed by atoms with Crippen molar-refractivity contribution in [3.63, 3.8) is 0 Å². The third-order valence-corrected chi connectivity index (χ3v) is 3.40. The average Bonchev–Trinajstić information content (AvgIpc) is 3.10. The summed E-state index contributed by atoms with van der Waals surface area (Å²) in [5.41, 5.74) is 3.43. The third-order valence-electron chi connectivity index (χ3n) is 3.40. The monoisotopic (exact) mass is 290 g/mol. The van der Waals surface area contributed by atoms with Gasteiger partial charge in [0.25, 0.3) is 0 Å². The van der Waals surface area contributed by atoms with E-state index in [9.17, 15) is 0 Å². The molecule has 6 nitrogen and oxygen atoms in total. The minimum Gasteiger partial charge on any atom is -0.377 e. The molecule has 1 aromatic heterocycles. The van der Waals surface area contributed by atoms with Gasteiger partial charge in [-0.3, -0.25) is 0 Å². The van der Waals surface area contributed by atoms with Crippen LogP contribution in [0.5, 0.6) is 0 Å². The van der Waals surface area contributed by atoms with Crippen LogP contribution in [0.15, 0.2) is 54.9 Å². The van der Waals surface area contributed by atoms with Crippen LogP contribution in [0.1, 0.15) is 24.1 Å². The van der Waals surface area contributed by atoms with Gasteiger partial charge in [0.1, 0.15) is 12.4 Å². The van der Waals surface area contributed by atoms with E-state index in [1.165, 1.54) is 0 Å². The Morgan fingerprint density at radius 3 is 2.82 bits per heavy atom. The van der Waals surface area contributed by atoms with Crippen molar-refractivity contribution < 1.29 is 0 Å². The largest absolute Gasteiger partial charge is 0.377 e. The van der Waals surface area contributed by atoms with Crippen molar-refractivity contribution >= 4 is 5.69 Å². The number of tetrazole rings is 1. The van der Waals surface area contributed by atoms with E-state index in [1.54, 1.807) is 17.1 Å². The fraction of sp³-hybridized carbons (Fsp3) is 0.125. The summed E-state index contributed by atoms with van der Waals surface area (Å²) in [7, 11) is 0. The molecular formula is C16H14N6. The second-order valence-corrected chi connectivity index (χ2v) is 4.87. The first-order valence-electron chi connectivity index (χ1n) is 6.87. The number of nitriles is 1. The normalized spacial score (nSPS) is 11.6. The summed E-state index contributed by atoms with van der Waals surface area (Å²) in [5, 5.41) is 23.7. The number of rotatable bonds is 4. The van der Waals surface area contributed by atoms with Gasteiger partial charge in [-0.05, 0) is 47.2 Å². The predicted octanol–water partition coefficient (Wildman–Crippen LogP) is 2.71. The van der Waals surface area contributed by atoms with Crippen molar-refractivity contribution in [2.24, 2.45) is 0 Å². The third kappa shape index (κ3) is 2.79. The molecular weight excluding hydrogens is 276 g/mol. The summed E-state index contributed by atoms with van der Waals surface area (Å²) in [6, 6.07) is 17.6. The molecule has 6 heteroatoms. The van der Waals surface area contributed by atoms with Crippen molar-refractivity contribution in [1.29, 1.82) is 5.26 Å². The lowest BCUT2D eigenvalue weighted by Crippen LogP contribution is -2.08. The molecule has 0 spiro atoms. The lowest BCUT2D eigenvalue weighted by molar-refractivity contribution is 0.785. The molecule has 0 saturated carbocycles. The maximum Gasteiger partial charge on any atom is 0.143 e. The molecule has 2 aromatic carbocycles. The van der Waals surface area contributed by atoms with Crippen molar-refractivity contribution in [2.75, 3.05) is 5.32 Å². The summed E-state index contributed by atoms with van der Waals surface area (Å²) in [6.07, 6.45) is 1.56. The molecule has 22 heavy (non-hydrogen) atoms. The number of hydrogen-bond acceptors (Lipinski definition) is 5. The van der Waals surface area contributed by atoms with E-state index in [0.717, 1.165) is 16.9 Å². The molecule has 0 aliphatic carbocycles. The second kappa shape index (κ2) is 6.06. The number of hydrogen-bond donors (Lipinski definition) is 1. The van der Waals surface area contributed by atoms with E-state index in [2.05, 4.69) is 26.9 Å². The molecule has 1 heterocycles. The van der Waals surface area contributed by atoms with Gasteiger partial charge in [0, 0.05) is 6.04 Å². The van der Waals surface area contributed by atoms with E-state index in [0.29, 0.717) is 5.56 Å². The van der Waals surface area contributed by atoms with Crippen LogP contribution >= 0.6 is 0 Å². The van der Waals surface area contributed by atoms with Crippen LogP contribution in [0.25, 0.3) is 5.69 Å². The smallest absolute Gasteiger partial charge is 0.143 e. The van der Waals surface area contributed by atoms with E-state index < -0.39 is 0 Å². The van der Waals surface area contributed by atoms with Crippen LogP contribution in [-0.2, 0) is 0 Å². The van der Waals surface area contributed by atoms with Crippen LogP contribution in [0.4, 0.5) is 5.69 Å². The van der Waals surface area contributed by atoms with Gasteiger partial charge in [0.2, 0.25) is 0 Å². The van der Waals surface area contributed by atoms with Gasteiger partial charge in [-0.25, -0.2) is 4.68 Å². The van der Waals surface area contributed by atoms with Crippen LogP contribution in [0, 0.1) is 11.3 Å². The highest BCUT2D eigenvalue weighted by atomic mass is 15.5. The van der Waals surface area contributed by atoms with Gasteiger partial charge in [-0.15, -0.1) is 5.10 Å². The molecule has 0 amide bonds. The topological polar surface area (TPSA) is 79.4 Å². The lowest BCUT2D eigenvalue weighted by Gasteiger charge is -2.17. The van der Waals surface area contributed by atoms with Gasteiger partial charge in [0.05, 0.1) is 16.9 Å². The molecule has 0 aliphatic rings. The highest BCUT2D eigenvalue weighted by Gasteiger charge is 2.09. The molecule has 0 saturated heterocycles. The number of nitrogens with one attached hydrogen (secondary N) is 1. The summed E-state index contributed by atoms with van der Waals surface area (Å²) >= 11 is 0. The SMILES string of the molecule is CC(Nc1ccccc1C#N)c1cccc(-n2cnnn2)c1. The maximum absolute atomic E-state index is 9.16. The number of aromatic nitrogens is 4. The van der Waals surface area contributed by atoms with Gasteiger partial charge >= 0.3 is 0 Å². The summed E-state index contributed by atoms with van der Waals surface area (Å²) in [4.78, 5) is 0. The molecule has 108 valence electrons. The fourth-order valence-electron chi connectivity index (χ4n) is 2.24. The quantitative estimate of drug-likeness (QED) is 0.799.